The lowest BCUT2D eigenvalue weighted by molar-refractivity contribution is -0.177. The van der Waals surface area contributed by atoms with Gasteiger partial charge >= 0.3 is 18.1 Å². The van der Waals surface area contributed by atoms with Crippen molar-refractivity contribution in [2.75, 3.05) is 20.1 Å². The van der Waals surface area contributed by atoms with Crippen LogP contribution in [0.2, 0.25) is 5.02 Å². The van der Waals surface area contributed by atoms with Gasteiger partial charge in [0.25, 0.3) is 0 Å². The summed E-state index contributed by atoms with van der Waals surface area (Å²) in [7, 11) is 1.32. The zero-order chi connectivity index (χ0) is 49.1. The summed E-state index contributed by atoms with van der Waals surface area (Å²) in [6, 6.07) is 21.8. The molecule has 4 amide bonds. The van der Waals surface area contributed by atoms with Gasteiger partial charge in [0.2, 0.25) is 17.7 Å². The summed E-state index contributed by atoms with van der Waals surface area (Å²) in [5.74, 6) is -5.57. The fourth-order valence-electron chi connectivity index (χ4n) is 10.9. The van der Waals surface area contributed by atoms with Crippen molar-refractivity contribution in [2.24, 2.45) is 11.8 Å². The molecular formula is C54H70ClF3N4O6. The van der Waals surface area contributed by atoms with E-state index in [1.807, 2.05) is 59.9 Å². The van der Waals surface area contributed by atoms with Crippen molar-refractivity contribution in [3.05, 3.63) is 106 Å². The monoisotopic (exact) mass is 962 g/mol. The van der Waals surface area contributed by atoms with Crippen molar-refractivity contribution < 1.29 is 41.9 Å². The van der Waals surface area contributed by atoms with Crippen LogP contribution in [0.1, 0.15) is 158 Å². The van der Waals surface area contributed by atoms with Crippen molar-refractivity contribution in [1.29, 1.82) is 0 Å². The average Bonchev–Trinajstić information content (AvgIpc) is 3.90. The van der Waals surface area contributed by atoms with E-state index in [0.717, 1.165) is 62.7 Å². The highest BCUT2D eigenvalue weighted by molar-refractivity contribution is 6.31. The van der Waals surface area contributed by atoms with Crippen molar-refractivity contribution in [3.63, 3.8) is 0 Å². The fourth-order valence-corrected chi connectivity index (χ4v) is 11.2. The van der Waals surface area contributed by atoms with Gasteiger partial charge < -0.3 is 25.2 Å². The topological polar surface area (TPSA) is 125 Å². The van der Waals surface area contributed by atoms with Gasteiger partial charge in [-0.2, -0.15) is 13.2 Å². The third-order valence-corrected chi connectivity index (χ3v) is 14.8. The number of carbonyl (C=O) groups is 5. The summed E-state index contributed by atoms with van der Waals surface area (Å²) in [5.41, 5.74) is -0.652. The molecule has 10 nitrogen and oxygen atoms in total. The Morgan fingerprint density at radius 3 is 1.88 bits per heavy atom. The van der Waals surface area contributed by atoms with E-state index in [1.54, 1.807) is 30.9 Å². The van der Waals surface area contributed by atoms with Gasteiger partial charge in [-0.15, -0.1) is 0 Å². The van der Waals surface area contributed by atoms with Crippen molar-refractivity contribution in [2.45, 2.75) is 165 Å². The van der Waals surface area contributed by atoms with Crippen LogP contribution < -0.4 is 10.6 Å². The number of carbonyl (C=O) groups excluding carboxylic acids is 5. The highest BCUT2D eigenvalue weighted by atomic mass is 35.5. The van der Waals surface area contributed by atoms with Gasteiger partial charge in [-0.05, 0) is 68.4 Å². The molecule has 4 atom stereocenters. The molecule has 3 aliphatic rings. The minimum absolute atomic E-state index is 0.0513. The Balaban J connectivity index is 1.33. The maximum atomic E-state index is 14.9. The molecule has 3 aromatic carbocycles. The van der Waals surface area contributed by atoms with Gasteiger partial charge in [0.15, 0.2) is 5.60 Å². The number of hydrogen-bond donors (Lipinski definition) is 2. The highest BCUT2D eigenvalue weighted by Crippen LogP contribution is 2.45. The number of likely N-dealkylation sites (tertiary alicyclic amines) is 1. The molecular weight excluding hydrogens is 893 g/mol. The molecule has 0 aromatic heterocycles. The molecule has 1 saturated heterocycles. The maximum Gasteiger partial charge on any atom is 0.471 e. The minimum atomic E-state index is -5.25. The number of amides is 4. The smallest absolute Gasteiger partial charge is 0.444 e. The lowest BCUT2D eigenvalue weighted by atomic mass is 9.78. The zero-order valence-electron chi connectivity index (χ0n) is 40.2. The molecule has 0 spiro atoms. The van der Waals surface area contributed by atoms with Crippen LogP contribution in [0.5, 0.6) is 0 Å². The first kappa shape index (κ1) is 52.5. The zero-order valence-corrected chi connectivity index (χ0v) is 40.9. The van der Waals surface area contributed by atoms with E-state index in [0.29, 0.717) is 53.6 Å². The average molecular weight is 964 g/mol. The largest absolute Gasteiger partial charge is 0.471 e. The third kappa shape index (κ3) is 12.8. The predicted molar refractivity (Wildman–Crippen MR) is 258 cm³/mol. The summed E-state index contributed by atoms with van der Waals surface area (Å²) in [5, 5.41) is 5.13. The summed E-state index contributed by atoms with van der Waals surface area (Å²) in [6.07, 6.45) is 9.06. The van der Waals surface area contributed by atoms with E-state index in [1.165, 1.54) is 45.2 Å². The lowest BCUT2D eigenvalue weighted by Crippen LogP contribution is -2.64. The van der Waals surface area contributed by atoms with Crippen LogP contribution in [-0.4, -0.2) is 83.3 Å². The number of benzene rings is 3. The van der Waals surface area contributed by atoms with Gasteiger partial charge in [0, 0.05) is 41.9 Å². The van der Waals surface area contributed by atoms with E-state index < -0.39 is 71.3 Å². The summed E-state index contributed by atoms with van der Waals surface area (Å²) in [4.78, 5) is 73.6. The van der Waals surface area contributed by atoms with Gasteiger partial charge in [-0.3, -0.25) is 24.0 Å². The van der Waals surface area contributed by atoms with E-state index in [-0.39, 0.29) is 12.3 Å². The van der Waals surface area contributed by atoms with E-state index in [9.17, 15) is 37.1 Å². The first-order valence-electron chi connectivity index (χ1n) is 24.8. The molecule has 0 bridgehead atoms. The molecule has 370 valence electrons. The summed E-state index contributed by atoms with van der Waals surface area (Å²) in [6.45, 7) is 5.44. The van der Waals surface area contributed by atoms with Crippen molar-refractivity contribution in [1.82, 2.24) is 20.4 Å². The standard InChI is InChI=1S/C54H70ClF3N4O6/c1-37(2)47(61(4)51(67)52(3,60-50(66)54(56,57)58)36-38-21-11-9-12-22-38)48(64)59-45(49(65)62-33-19-20-34-62)35-46(63)68-53(41-25-15-10-16-26-41,43-27-17-18-28-44(43)55)42-31-29-40(30-32-42)39-23-13-7-5-6-8-14-24-39/h10,15-18,25-32,37-39,45,47H,5-9,11-14,19-24,33-36H2,1-4H3,(H,59,64)(H,60,66)/t45-,47-,52-,53?/m0/s1. The van der Waals surface area contributed by atoms with Crippen LogP contribution in [0.4, 0.5) is 13.2 Å². The Hall–Kier alpha value is -4.91. The minimum Gasteiger partial charge on any atom is -0.444 e. The van der Waals surface area contributed by atoms with Crippen molar-refractivity contribution in [3.8, 4) is 0 Å². The number of nitrogens with one attached hydrogen (secondary N) is 2. The first-order chi connectivity index (χ1) is 32.4. The lowest BCUT2D eigenvalue weighted by Gasteiger charge is -2.40. The first-order valence-corrected chi connectivity index (χ1v) is 25.2. The molecule has 1 heterocycles. The summed E-state index contributed by atoms with van der Waals surface area (Å²) < 4.78 is 48.0. The second-order valence-electron chi connectivity index (χ2n) is 19.9. The van der Waals surface area contributed by atoms with Crippen LogP contribution in [0.3, 0.4) is 0 Å². The molecule has 2 saturated carbocycles. The van der Waals surface area contributed by atoms with E-state index >= 15 is 0 Å². The second-order valence-corrected chi connectivity index (χ2v) is 20.3. The second kappa shape index (κ2) is 23.6. The number of halogens is 4. The van der Waals surface area contributed by atoms with Gasteiger partial charge in [0.1, 0.15) is 17.6 Å². The van der Waals surface area contributed by atoms with Crippen LogP contribution in [0.25, 0.3) is 0 Å². The van der Waals surface area contributed by atoms with Gasteiger partial charge in [0.05, 0.1) is 6.42 Å². The Labute approximate surface area is 405 Å². The molecule has 68 heavy (non-hydrogen) atoms. The molecule has 2 aliphatic carbocycles. The number of nitrogens with zero attached hydrogens (tertiary/aromatic N) is 2. The highest BCUT2D eigenvalue weighted by Gasteiger charge is 2.49. The Bertz CT molecular complexity index is 2170. The van der Waals surface area contributed by atoms with Crippen LogP contribution in [0, 0.1) is 11.8 Å². The molecule has 2 N–H and O–H groups in total. The summed E-state index contributed by atoms with van der Waals surface area (Å²) >= 11 is 7.04. The quantitative estimate of drug-likeness (QED) is 0.109. The molecule has 3 aromatic rings. The number of likely N-dealkylation sites (N-methyl/N-ethyl adjacent to an activating group) is 1. The molecule has 14 heteroatoms. The van der Waals surface area contributed by atoms with Crippen LogP contribution in [-0.2, 0) is 34.3 Å². The number of alkyl halides is 3. The normalized spacial score (nSPS) is 19.3. The molecule has 6 rings (SSSR count). The number of hydrogen-bond acceptors (Lipinski definition) is 6. The van der Waals surface area contributed by atoms with Gasteiger partial charge in [-0.1, -0.05) is 169 Å². The Kier molecular flexibility index (Phi) is 18.2. The molecule has 1 unspecified atom stereocenters. The van der Waals surface area contributed by atoms with E-state index in [2.05, 4.69) is 17.4 Å². The Morgan fingerprint density at radius 1 is 0.750 bits per heavy atom. The van der Waals surface area contributed by atoms with Gasteiger partial charge in [-0.25, -0.2) is 0 Å². The number of esters is 1. The molecule has 1 aliphatic heterocycles. The number of rotatable bonds is 16. The van der Waals surface area contributed by atoms with Crippen molar-refractivity contribution >= 4 is 41.2 Å². The predicted octanol–water partition coefficient (Wildman–Crippen LogP) is 10.8. The number of ether oxygens (including phenoxy) is 1. The third-order valence-electron chi connectivity index (χ3n) is 14.4. The van der Waals surface area contributed by atoms with E-state index in [4.69, 9.17) is 16.3 Å². The Morgan fingerprint density at radius 2 is 1.29 bits per heavy atom. The fraction of sp³-hybridized carbons (Fsp3) is 0.574. The van der Waals surface area contributed by atoms with Crippen LogP contribution in [0.15, 0.2) is 78.9 Å². The maximum absolute atomic E-state index is 14.9. The SMILES string of the molecule is CC(C)[C@@H](C(=O)N[C@@H](CC(=O)OC(c1ccccc1)(c1ccc(C2CCCCCCCC2)cc1)c1ccccc1Cl)C(=O)N1CCCC1)N(C)C(=O)[C@](C)(CC1CCCCC1)NC(=O)C(F)(F)F. The molecule has 3 fully saturated rings. The van der Waals surface area contributed by atoms with Crippen LogP contribution >= 0.6 is 11.6 Å². The molecule has 0 radical (unpaired) electrons.